The first-order chi connectivity index (χ1) is 3.68. The molecule has 0 radical (unpaired) electrons. The fraction of sp³-hybridized carbons (Fsp3) is 0.833. The lowest BCUT2D eigenvalue weighted by molar-refractivity contribution is -0.120. The van der Waals surface area contributed by atoms with Crippen LogP contribution in [0.4, 0.5) is 0 Å². The van der Waals surface area contributed by atoms with Gasteiger partial charge < -0.3 is 5.11 Å². The molecule has 0 aromatic carbocycles. The van der Waals surface area contributed by atoms with Crippen LogP contribution in [-0.2, 0) is 4.79 Å². The zero-order chi connectivity index (χ0) is 6.57. The second-order valence-electron chi connectivity index (χ2n) is 2.02. The monoisotopic (exact) mass is 116 g/mol. The van der Waals surface area contributed by atoms with E-state index in [9.17, 15) is 4.79 Å². The van der Waals surface area contributed by atoms with Crippen molar-refractivity contribution < 1.29 is 9.90 Å². The number of aliphatic hydroxyl groups excluding tert-OH is 1. The topological polar surface area (TPSA) is 37.3 Å². The lowest BCUT2D eigenvalue weighted by atomic mass is 10.1. The van der Waals surface area contributed by atoms with Crippen LogP contribution < -0.4 is 0 Å². The largest absolute Gasteiger partial charge is 0.396 e. The maximum absolute atomic E-state index is 10.4. The minimum atomic E-state index is 0.0278. The van der Waals surface area contributed by atoms with Crippen LogP contribution in [-0.4, -0.2) is 17.5 Å². The molecular formula is C6H12O2. The third-order valence-corrected chi connectivity index (χ3v) is 1.26. The Morgan fingerprint density at radius 1 is 1.75 bits per heavy atom. The van der Waals surface area contributed by atoms with Gasteiger partial charge in [0.1, 0.15) is 5.78 Å². The van der Waals surface area contributed by atoms with E-state index < -0.39 is 0 Å². The summed E-state index contributed by atoms with van der Waals surface area (Å²) in [4.78, 5) is 10.4. The summed E-state index contributed by atoms with van der Waals surface area (Å²) < 4.78 is 0. The van der Waals surface area contributed by atoms with Gasteiger partial charge in [0.25, 0.3) is 0 Å². The molecule has 0 bridgehead atoms. The molecule has 1 unspecified atom stereocenters. The van der Waals surface area contributed by atoms with Crippen molar-refractivity contribution in [3.8, 4) is 0 Å². The van der Waals surface area contributed by atoms with Crippen molar-refractivity contribution in [1.29, 1.82) is 0 Å². The average molecular weight is 116 g/mol. The van der Waals surface area contributed by atoms with Crippen molar-refractivity contribution in [2.75, 3.05) is 6.61 Å². The van der Waals surface area contributed by atoms with Gasteiger partial charge in [0.2, 0.25) is 0 Å². The van der Waals surface area contributed by atoms with E-state index in [1.807, 2.05) is 6.92 Å². The first-order valence-corrected chi connectivity index (χ1v) is 2.79. The smallest absolute Gasteiger partial charge is 0.132 e. The number of ketones is 1. The molecule has 0 heterocycles. The lowest BCUT2D eigenvalue weighted by Crippen LogP contribution is -2.07. The van der Waals surface area contributed by atoms with E-state index in [-0.39, 0.29) is 18.3 Å². The van der Waals surface area contributed by atoms with E-state index in [0.717, 1.165) is 0 Å². The van der Waals surface area contributed by atoms with Gasteiger partial charge in [-0.15, -0.1) is 0 Å². The van der Waals surface area contributed by atoms with Crippen LogP contribution in [0.15, 0.2) is 0 Å². The van der Waals surface area contributed by atoms with Crippen molar-refractivity contribution >= 4 is 5.78 Å². The van der Waals surface area contributed by atoms with E-state index in [1.165, 1.54) is 0 Å². The third kappa shape index (κ3) is 2.75. The molecule has 0 aliphatic rings. The number of Topliss-reactive ketones (excluding diaryl/α,β-unsaturated/α-hetero) is 1. The molecule has 0 fully saturated rings. The van der Waals surface area contributed by atoms with Crippen LogP contribution >= 0.6 is 0 Å². The van der Waals surface area contributed by atoms with Gasteiger partial charge in [0.05, 0.1) is 0 Å². The van der Waals surface area contributed by atoms with Crippen LogP contribution in [0.1, 0.15) is 20.3 Å². The van der Waals surface area contributed by atoms with Gasteiger partial charge in [-0.05, 0) is 13.3 Å². The molecule has 48 valence electrons. The van der Waals surface area contributed by atoms with E-state index in [4.69, 9.17) is 5.11 Å². The third-order valence-electron chi connectivity index (χ3n) is 1.26. The number of hydrogen-bond acceptors (Lipinski definition) is 2. The predicted octanol–water partition coefficient (Wildman–Crippen LogP) is 0.594. The Balaban J connectivity index is 3.32. The van der Waals surface area contributed by atoms with Gasteiger partial charge in [-0.3, -0.25) is 4.79 Å². The molecule has 0 amide bonds. The fourth-order valence-corrected chi connectivity index (χ4v) is 0.397. The first kappa shape index (κ1) is 7.63. The molecule has 2 nitrogen and oxygen atoms in total. The van der Waals surface area contributed by atoms with E-state index in [0.29, 0.717) is 6.42 Å². The molecule has 0 saturated heterocycles. The summed E-state index contributed by atoms with van der Waals surface area (Å²) in [5, 5.41) is 8.33. The lowest BCUT2D eigenvalue weighted by Gasteiger charge is -2.01. The van der Waals surface area contributed by atoms with Crippen LogP contribution in [0, 0.1) is 5.92 Å². The normalized spacial score (nSPS) is 13.4. The molecular weight excluding hydrogens is 104 g/mol. The average Bonchev–Trinajstić information content (AvgIpc) is 1.67. The SMILES string of the molecule is CC(=O)C(C)CCO. The number of carbonyl (C=O) groups is 1. The van der Waals surface area contributed by atoms with Crippen molar-refractivity contribution in [1.82, 2.24) is 0 Å². The molecule has 0 rings (SSSR count). The van der Waals surface area contributed by atoms with Gasteiger partial charge in [0, 0.05) is 12.5 Å². The summed E-state index contributed by atoms with van der Waals surface area (Å²) in [5.41, 5.74) is 0. The highest BCUT2D eigenvalue weighted by atomic mass is 16.3. The first-order valence-electron chi connectivity index (χ1n) is 2.79. The zero-order valence-electron chi connectivity index (χ0n) is 5.35. The minimum absolute atomic E-state index is 0.0278. The second kappa shape index (κ2) is 3.61. The highest BCUT2D eigenvalue weighted by molar-refractivity contribution is 5.77. The Morgan fingerprint density at radius 3 is 2.38 bits per heavy atom. The molecule has 2 heteroatoms. The van der Waals surface area contributed by atoms with Gasteiger partial charge >= 0.3 is 0 Å². The van der Waals surface area contributed by atoms with E-state index >= 15 is 0 Å². The summed E-state index contributed by atoms with van der Waals surface area (Å²) in [6.45, 7) is 3.47. The van der Waals surface area contributed by atoms with Crippen LogP contribution in [0.5, 0.6) is 0 Å². The quantitative estimate of drug-likeness (QED) is 0.586. The summed E-state index contributed by atoms with van der Waals surface area (Å²) in [7, 11) is 0. The second-order valence-corrected chi connectivity index (χ2v) is 2.02. The van der Waals surface area contributed by atoms with Gasteiger partial charge in [-0.2, -0.15) is 0 Å². The molecule has 1 atom stereocenters. The Bertz CT molecular complexity index is 78.6. The molecule has 0 aromatic rings. The standard InChI is InChI=1S/C6H12O2/c1-5(3-4-7)6(2)8/h5,7H,3-4H2,1-2H3. The van der Waals surface area contributed by atoms with Gasteiger partial charge in [-0.25, -0.2) is 0 Å². The number of hydrogen-bond donors (Lipinski definition) is 1. The molecule has 0 saturated carbocycles. The van der Waals surface area contributed by atoms with Crippen molar-refractivity contribution in [2.45, 2.75) is 20.3 Å². The maximum Gasteiger partial charge on any atom is 0.132 e. The Labute approximate surface area is 49.5 Å². The van der Waals surface area contributed by atoms with E-state index in [2.05, 4.69) is 0 Å². The Hall–Kier alpha value is -0.370. The molecule has 0 spiro atoms. The van der Waals surface area contributed by atoms with Crippen LogP contribution in [0.25, 0.3) is 0 Å². The van der Waals surface area contributed by atoms with Crippen molar-refractivity contribution in [2.24, 2.45) is 5.92 Å². The predicted molar refractivity (Wildman–Crippen MR) is 31.5 cm³/mol. The van der Waals surface area contributed by atoms with Crippen LogP contribution in [0.2, 0.25) is 0 Å². The van der Waals surface area contributed by atoms with E-state index in [1.54, 1.807) is 6.92 Å². The van der Waals surface area contributed by atoms with Crippen LogP contribution in [0.3, 0.4) is 0 Å². The zero-order valence-corrected chi connectivity index (χ0v) is 5.35. The molecule has 8 heavy (non-hydrogen) atoms. The van der Waals surface area contributed by atoms with Gasteiger partial charge in [-0.1, -0.05) is 6.92 Å². The summed E-state index contributed by atoms with van der Waals surface area (Å²) in [5.74, 6) is 0.180. The minimum Gasteiger partial charge on any atom is -0.396 e. The number of aliphatic hydroxyl groups is 1. The number of carbonyl (C=O) groups excluding carboxylic acids is 1. The van der Waals surface area contributed by atoms with Crippen molar-refractivity contribution in [3.63, 3.8) is 0 Å². The molecule has 0 aliphatic heterocycles. The molecule has 1 N–H and O–H groups in total. The Morgan fingerprint density at radius 2 is 2.25 bits per heavy atom. The summed E-state index contributed by atoms with van der Waals surface area (Å²) in [6, 6.07) is 0. The summed E-state index contributed by atoms with van der Waals surface area (Å²) in [6.07, 6.45) is 0.593. The van der Waals surface area contributed by atoms with Gasteiger partial charge in [0.15, 0.2) is 0 Å². The molecule has 0 aromatic heterocycles. The summed E-state index contributed by atoms with van der Waals surface area (Å²) >= 11 is 0. The highest BCUT2D eigenvalue weighted by Gasteiger charge is 2.04. The number of rotatable bonds is 3. The maximum atomic E-state index is 10.4. The highest BCUT2D eigenvalue weighted by Crippen LogP contribution is 2.00. The molecule has 0 aliphatic carbocycles. The Kier molecular flexibility index (Phi) is 3.44. The fourth-order valence-electron chi connectivity index (χ4n) is 0.397. The van der Waals surface area contributed by atoms with Crippen molar-refractivity contribution in [3.05, 3.63) is 0 Å².